The molecule has 0 bridgehead atoms. The summed E-state index contributed by atoms with van der Waals surface area (Å²) >= 11 is 21.5. The highest BCUT2D eigenvalue weighted by molar-refractivity contribution is 9.10. The maximum absolute atomic E-state index is 13.5. The first kappa shape index (κ1) is 22.4. The number of urea groups is 1. The highest BCUT2D eigenvalue weighted by Gasteiger charge is 2.54. The van der Waals surface area contributed by atoms with Crippen LogP contribution in [0.5, 0.6) is 0 Å². The van der Waals surface area contributed by atoms with Crippen molar-refractivity contribution >= 4 is 68.4 Å². The molecule has 1 aliphatic rings. The van der Waals surface area contributed by atoms with Gasteiger partial charge in [-0.2, -0.15) is 0 Å². The zero-order valence-electron chi connectivity index (χ0n) is 15.8. The van der Waals surface area contributed by atoms with E-state index in [0.29, 0.717) is 41.0 Å². The number of anilines is 1. The van der Waals surface area contributed by atoms with Crippen molar-refractivity contribution in [3.8, 4) is 0 Å². The summed E-state index contributed by atoms with van der Waals surface area (Å²) < 4.78 is 0.953. The number of imide groups is 1. The second-order valence-electron chi connectivity index (χ2n) is 7.18. The van der Waals surface area contributed by atoms with Gasteiger partial charge in [0.1, 0.15) is 5.54 Å². The maximum atomic E-state index is 13.5. The molecule has 154 valence electrons. The van der Waals surface area contributed by atoms with Gasteiger partial charge in [0.2, 0.25) is 0 Å². The van der Waals surface area contributed by atoms with Crippen LogP contribution in [0.4, 0.5) is 10.5 Å². The minimum Gasteiger partial charge on any atom is -0.309 e. The van der Waals surface area contributed by atoms with Crippen LogP contribution in [-0.4, -0.2) is 34.8 Å². The van der Waals surface area contributed by atoms with E-state index in [2.05, 4.69) is 15.9 Å². The zero-order chi connectivity index (χ0) is 21.2. The summed E-state index contributed by atoms with van der Waals surface area (Å²) in [5.41, 5.74) is 0.316. The summed E-state index contributed by atoms with van der Waals surface area (Å²) in [5.74, 6) is 0.210. The summed E-state index contributed by atoms with van der Waals surface area (Å²) in [7, 11) is 0. The van der Waals surface area contributed by atoms with Crippen LogP contribution in [0.15, 0.2) is 46.9 Å². The third kappa shape index (κ3) is 4.74. The number of benzene rings is 2. The van der Waals surface area contributed by atoms with Gasteiger partial charge in [-0.15, -0.1) is 11.6 Å². The summed E-state index contributed by atoms with van der Waals surface area (Å²) in [6, 6.07) is 12.1. The molecule has 4 nitrogen and oxygen atoms in total. The molecule has 1 aliphatic heterocycles. The van der Waals surface area contributed by atoms with Crippen LogP contribution < -0.4 is 4.90 Å². The fourth-order valence-electron chi connectivity index (χ4n) is 3.55. The van der Waals surface area contributed by atoms with E-state index in [0.717, 1.165) is 16.5 Å². The van der Waals surface area contributed by atoms with Gasteiger partial charge in [-0.25, -0.2) is 9.69 Å². The molecule has 1 unspecified atom stereocenters. The average molecular weight is 519 g/mol. The highest BCUT2D eigenvalue weighted by Crippen LogP contribution is 2.37. The van der Waals surface area contributed by atoms with Gasteiger partial charge >= 0.3 is 6.03 Å². The molecule has 3 rings (SSSR count). The van der Waals surface area contributed by atoms with Crippen LogP contribution in [0, 0.1) is 0 Å². The lowest BCUT2D eigenvalue weighted by atomic mass is 9.91. The number of nitrogens with zero attached hydrogens (tertiary/aromatic N) is 2. The predicted molar refractivity (Wildman–Crippen MR) is 122 cm³/mol. The van der Waals surface area contributed by atoms with Gasteiger partial charge in [-0.1, -0.05) is 51.3 Å². The summed E-state index contributed by atoms with van der Waals surface area (Å²) in [5, 5.41) is 0.728. The molecule has 2 aromatic carbocycles. The van der Waals surface area contributed by atoms with Gasteiger partial charge in [-0.05, 0) is 55.7 Å². The lowest BCUT2D eigenvalue weighted by Gasteiger charge is -2.32. The third-order valence-electron chi connectivity index (χ3n) is 5.01. The van der Waals surface area contributed by atoms with Crippen molar-refractivity contribution in [1.82, 2.24) is 4.90 Å². The van der Waals surface area contributed by atoms with Gasteiger partial charge in [0, 0.05) is 33.4 Å². The molecule has 8 heteroatoms. The molecule has 0 aromatic heterocycles. The number of hydrogen-bond donors (Lipinski definition) is 0. The first-order chi connectivity index (χ1) is 13.8. The van der Waals surface area contributed by atoms with Crippen molar-refractivity contribution in [3.05, 3.63) is 62.5 Å². The SMILES string of the molecule is CC1(Cc2ccc(Br)cc2)C(=O)N(c2cc(Cl)cc(Cl)c2)C(=O)N1CCCCCl. The normalized spacial score (nSPS) is 19.3. The average Bonchev–Trinajstić information content (AvgIpc) is 2.83. The Balaban J connectivity index is 1.99. The first-order valence-corrected chi connectivity index (χ1v) is 11.3. The molecule has 1 fully saturated rings. The van der Waals surface area contributed by atoms with Gasteiger partial charge in [0.25, 0.3) is 5.91 Å². The van der Waals surface area contributed by atoms with E-state index in [9.17, 15) is 9.59 Å². The number of unbranched alkanes of at least 4 members (excludes halogenated alkanes) is 1. The van der Waals surface area contributed by atoms with E-state index >= 15 is 0 Å². The number of rotatable bonds is 7. The lowest BCUT2D eigenvalue weighted by Crippen LogP contribution is -2.49. The molecule has 0 N–H and O–H groups in total. The van der Waals surface area contributed by atoms with Gasteiger partial charge in [-0.3, -0.25) is 4.79 Å². The lowest BCUT2D eigenvalue weighted by molar-refractivity contribution is -0.124. The molecule has 1 atom stereocenters. The van der Waals surface area contributed by atoms with Crippen molar-refractivity contribution in [2.45, 2.75) is 31.7 Å². The third-order valence-corrected chi connectivity index (χ3v) is 6.25. The van der Waals surface area contributed by atoms with Crippen molar-refractivity contribution in [2.75, 3.05) is 17.3 Å². The second kappa shape index (κ2) is 9.25. The Labute approximate surface area is 193 Å². The number of carbonyl (C=O) groups excluding carboxylic acids is 2. The summed E-state index contributed by atoms with van der Waals surface area (Å²) in [4.78, 5) is 29.6. The number of carbonyl (C=O) groups is 2. The van der Waals surface area contributed by atoms with Crippen molar-refractivity contribution in [1.29, 1.82) is 0 Å². The van der Waals surface area contributed by atoms with Crippen LogP contribution >= 0.6 is 50.7 Å². The van der Waals surface area contributed by atoms with Crippen molar-refractivity contribution in [3.63, 3.8) is 0 Å². The molecular weight excluding hydrogens is 499 g/mol. The molecular formula is C21H20BrCl3N2O2. The van der Waals surface area contributed by atoms with Gasteiger partial charge in [0.05, 0.1) is 5.69 Å². The molecule has 0 radical (unpaired) electrons. The van der Waals surface area contributed by atoms with E-state index in [1.165, 1.54) is 4.90 Å². The van der Waals surface area contributed by atoms with E-state index in [4.69, 9.17) is 34.8 Å². The van der Waals surface area contributed by atoms with Crippen molar-refractivity contribution < 1.29 is 9.59 Å². The second-order valence-corrected chi connectivity index (χ2v) is 9.34. The number of hydrogen-bond acceptors (Lipinski definition) is 2. The van der Waals surface area contributed by atoms with Crippen molar-refractivity contribution in [2.24, 2.45) is 0 Å². The fraction of sp³-hybridized carbons (Fsp3) is 0.333. The molecule has 0 spiro atoms. The Morgan fingerprint density at radius 1 is 1.00 bits per heavy atom. The fourth-order valence-corrected chi connectivity index (χ4v) is 4.52. The number of halogens is 4. The highest BCUT2D eigenvalue weighted by atomic mass is 79.9. The molecule has 0 aliphatic carbocycles. The Morgan fingerprint density at radius 3 is 2.21 bits per heavy atom. The Kier molecular flexibility index (Phi) is 7.15. The molecule has 0 saturated carbocycles. The Hall–Kier alpha value is -1.27. The maximum Gasteiger partial charge on any atom is 0.332 e. The number of alkyl halides is 1. The minimum atomic E-state index is -1.02. The van der Waals surface area contributed by atoms with Crippen LogP contribution in [0.25, 0.3) is 0 Å². The minimum absolute atomic E-state index is 0.297. The van der Waals surface area contributed by atoms with Gasteiger partial charge < -0.3 is 4.90 Å². The van der Waals surface area contributed by atoms with Crippen LogP contribution in [0.3, 0.4) is 0 Å². The van der Waals surface area contributed by atoms with Crippen LogP contribution in [0.2, 0.25) is 10.0 Å². The van der Waals surface area contributed by atoms with Gasteiger partial charge in [0.15, 0.2) is 0 Å². The number of amides is 3. The topological polar surface area (TPSA) is 40.6 Å². The van der Waals surface area contributed by atoms with E-state index < -0.39 is 5.54 Å². The largest absolute Gasteiger partial charge is 0.332 e. The first-order valence-electron chi connectivity index (χ1n) is 9.19. The zero-order valence-corrected chi connectivity index (χ0v) is 19.7. The molecule has 3 amide bonds. The Bertz CT molecular complexity index is 902. The van der Waals surface area contributed by atoms with E-state index in [1.54, 1.807) is 23.1 Å². The van der Waals surface area contributed by atoms with E-state index in [-0.39, 0.29) is 11.9 Å². The summed E-state index contributed by atoms with van der Waals surface area (Å²) in [6.45, 7) is 2.25. The predicted octanol–water partition coefficient (Wildman–Crippen LogP) is 6.54. The molecule has 1 heterocycles. The molecule has 1 saturated heterocycles. The van der Waals surface area contributed by atoms with E-state index in [1.807, 2.05) is 31.2 Å². The Morgan fingerprint density at radius 2 is 1.62 bits per heavy atom. The quantitative estimate of drug-likeness (QED) is 0.237. The monoisotopic (exact) mass is 516 g/mol. The van der Waals surface area contributed by atoms with Crippen LogP contribution in [-0.2, 0) is 11.2 Å². The molecule has 2 aromatic rings. The van der Waals surface area contributed by atoms with Crippen LogP contribution in [0.1, 0.15) is 25.3 Å². The smallest absolute Gasteiger partial charge is 0.309 e. The standard InChI is InChI=1S/C21H20BrCl3N2O2/c1-21(13-14-4-6-15(22)7-5-14)19(28)27(18-11-16(24)10-17(25)12-18)20(29)26(21)9-3-2-8-23/h4-7,10-12H,2-3,8-9,13H2,1H3. The summed E-state index contributed by atoms with van der Waals surface area (Å²) in [6.07, 6.45) is 1.87. The molecule has 29 heavy (non-hydrogen) atoms.